The lowest BCUT2D eigenvalue weighted by Gasteiger charge is -2.25. The van der Waals surface area contributed by atoms with Crippen LogP contribution in [0.15, 0.2) is 18.5 Å². The van der Waals surface area contributed by atoms with Crippen LogP contribution in [-0.2, 0) is 0 Å². The van der Waals surface area contributed by atoms with Crippen molar-refractivity contribution < 1.29 is 9.53 Å². The molecule has 0 radical (unpaired) electrons. The predicted octanol–water partition coefficient (Wildman–Crippen LogP) is 2.42. The summed E-state index contributed by atoms with van der Waals surface area (Å²) in [4.78, 5) is 16.2. The number of nitrogens with two attached hydrogens (primary N) is 1. The topological polar surface area (TPSA) is 65.2 Å². The van der Waals surface area contributed by atoms with Crippen LogP contribution >= 0.6 is 0 Å². The summed E-state index contributed by atoms with van der Waals surface area (Å²) in [6.45, 7) is 9.68. The van der Waals surface area contributed by atoms with Crippen molar-refractivity contribution >= 4 is 5.78 Å². The number of pyridine rings is 1. The fraction of sp³-hybridized carbons (Fsp3) is 0.571. The number of nitrogens with zero attached hydrogens (tertiary/aromatic N) is 1. The summed E-state index contributed by atoms with van der Waals surface area (Å²) in [5.74, 6) is 0.487. The molecule has 0 aliphatic rings. The molecule has 1 unspecified atom stereocenters. The third-order valence-electron chi connectivity index (χ3n) is 2.58. The lowest BCUT2D eigenvalue weighted by Crippen LogP contribution is -2.42. The maximum atomic E-state index is 12.2. The van der Waals surface area contributed by atoms with Crippen LogP contribution in [-0.4, -0.2) is 22.9 Å². The Morgan fingerprint density at radius 2 is 1.94 bits per heavy atom. The van der Waals surface area contributed by atoms with Crippen LogP contribution in [0.5, 0.6) is 5.75 Å². The van der Waals surface area contributed by atoms with Gasteiger partial charge in [-0.15, -0.1) is 0 Å². The molecule has 2 N–H and O–H groups in total. The van der Waals surface area contributed by atoms with E-state index in [1.165, 1.54) is 6.20 Å². The Balaban J connectivity index is 2.93. The highest BCUT2D eigenvalue weighted by atomic mass is 16.5. The van der Waals surface area contributed by atoms with E-state index >= 15 is 0 Å². The number of Topliss-reactive ketones (excluding diaryl/α,β-unsaturated/α-hetero) is 1. The van der Waals surface area contributed by atoms with Crippen molar-refractivity contribution in [2.45, 2.75) is 46.8 Å². The first-order valence-corrected chi connectivity index (χ1v) is 6.13. The van der Waals surface area contributed by atoms with E-state index in [2.05, 4.69) is 4.98 Å². The first-order valence-electron chi connectivity index (χ1n) is 6.13. The van der Waals surface area contributed by atoms with E-state index < -0.39 is 6.04 Å². The summed E-state index contributed by atoms with van der Waals surface area (Å²) in [5, 5.41) is 0. The third-order valence-corrected chi connectivity index (χ3v) is 2.58. The van der Waals surface area contributed by atoms with E-state index in [1.54, 1.807) is 12.3 Å². The smallest absolute Gasteiger partial charge is 0.181 e. The van der Waals surface area contributed by atoms with E-state index in [1.807, 2.05) is 34.6 Å². The molecule has 100 valence electrons. The molecule has 0 bridgehead atoms. The molecule has 0 amide bonds. The molecular weight excluding hydrogens is 228 g/mol. The van der Waals surface area contributed by atoms with Gasteiger partial charge >= 0.3 is 0 Å². The van der Waals surface area contributed by atoms with Crippen molar-refractivity contribution in [3.8, 4) is 5.75 Å². The van der Waals surface area contributed by atoms with E-state index in [9.17, 15) is 4.79 Å². The van der Waals surface area contributed by atoms with Crippen LogP contribution < -0.4 is 10.5 Å². The largest absolute Gasteiger partial charge is 0.489 e. The van der Waals surface area contributed by atoms with Crippen LogP contribution in [0.1, 0.15) is 45.0 Å². The molecule has 0 aromatic carbocycles. The molecule has 18 heavy (non-hydrogen) atoms. The number of ketones is 1. The highest BCUT2D eigenvalue weighted by Gasteiger charge is 2.28. The molecule has 0 saturated heterocycles. The third kappa shape index (κ3) is 3.81. The van der Waals surface area contributed by atoms with Crippen molar-refractivity contribution in [2.24, 2.45) is 11.1 Å². The second-order valence-electron chi connectivity index (χ2n) is 5.78. The van der Waals surface area contributed by atoms with Crippen LogP contribution in [0.3, 0.4) is 0 Å². The lowest BCUT2D eigenvalue weighted by atomic mass is 9.83. The van der Waals surface area contributed by atoms with Gasteiger partial charge in [0.05, 0.1) is 18.3 Å². The monoisotopic (exact) mass is 250 g/mol. The highest BCUT2D eigenvalue weighted by molar-refractivity contribution is 6.00. The molecular formula is C14H22N2O2. The number of hydrogen-bond donors (Lipinski definition) is 1. The first-order chi connectivity index (χ1) is 8.21. The van der Waals surface area contributed by atoms with Gasteiger partial charge in [0, 0.05) is 11.8 Å². The minimum Gasteiger partial charge on any atom is -0.489 e. The maximum absolute atomic E-state index is 12.2. The summed E-state index contributed by atoms with van der Waals surface area (Å²) in [5.41, 5.74) is 6.18. The second kappa shape index (κ2) is 5.48. The summed E-state index contributed by atoms with van der Waals surface area (Å²) in [7, 11) is 0. The summed E-state index contributed by atoms with van der Waals surface area (Å²) in [6.07, 6.45) is 3.17. The number of hydrogen-bond acceptors (Lipinski definition) is 4. The molecule has 0 aliphatic heterocycles. The van der Waals surface area contributed by atoms with E-state index in [-0.39, 0.29) is 17.3 Å². The maximum Gasteiger partial charge on any atom is 0.181 e. The van der Waals surface area contributed by atoms with Crippen LogP contribution in [0.25, 0.3) is 0 Å². The van der Waals surface area contributed by atoms with Gasteiger partial charge in [0.25, 0.3) is 0 Å². The normalized spacial score (nSPS) is 13.5. The van der Waals surface area contributed by atoms with Gasteiger partial charge in [-0.25, -0.2) is 0 Å². The van der Waals surface area contributed by atoms with E-state index in [0.717, 1.165) is 0 Å². The Morgan fingerprint density at radius 1 is 1.33 bits per heavy atom. The summed E-state index contributed by atoms with van der Waals surface area (Å²) in [6, 6.07) is 1.15. The zero-order valence-corrected chi connectivity index (χ0v) is 11.7. The first kappa shape index (κ1) is 14.6. The molecule has 1 atom stereocenters. The fourth-order valence-corrected chi connectivity index (χ4v) is 1.46. The Labute approximate surface area is 109 Å². The van der Waals surface area contributed by atoms with E-state index in [0.29, 0.717) is 11.3 Å². The van der Waals surface area contributed by atoms with Crippen molar-refractivity contribution in [3.05, 3.63) is 24.0 Å². The van der Waals surface area contributed by atoms with Crippen LogP contribution in [0.4, 0.5) is 0 Å². The minimum absolute atomic E-state index is 0.0495. The van der Waals surface area contributed by atoms with Gasteiger partial charge in [-0.3, -0.25) is 9.78 Å². The van der Waals surface area contributed by atoms with Crippen molar-refractivity contribution in [1.29, 1.82) is 0 Å². The van der Waals surface area contributed by atoms with Gasteiger partial charge in [-0.1, -0.05) is 20.8 Å². The quantitative estimate of drug-likeness (QED) is 0.833. The highest BCUT2D eigenvalue weighted by Crippen LogP contribution is 2.22. The Bertz CT molecular complexity index is 422. The number of carbonyl (C=O) groups is 1. The average Bonchev–Trinajstić information content (AvgIpc) is 2.25. The van der Waals surface area contributed by atoms with Gasteiger partial charge < -0.3 is 10.5 Å². The van der Waals surface area contributed by atoms with Gasteiger partial charge in [0.2, 0.25) is 0 Å². The fourth-order valence-electron chi connectivity index (χ4n) is 1.46. The number of aromatic nitrogens is 1. The average molecular weight is 250 g/mol. The Kier molecular flexibility index (Phi) is 4.46. The molecule has 1 heterocycles. The summed E-state index contributed by atoms with van der Waals surface area (Å²) >= 11 is 0. The molecule has 4 nitrogen and oxygen atoms in total. The Hall–Kier alpha value is -1.42. The van der Waals surface area contributed by atoms with Gasteiger partial charge in [0.1, 0.15) is 5.75 Å². The molecule has 1 rings (SSSR count). The number of ether oxygens (including phenoxy) is 1. The molecule has 0 saturated carbocycles. The zero-order valence-electron chi connectivity index (χ0n) is 11.7. The van der Waals surface area contributed by atoms with Crippen LogP contribution in [0.2, 0.25) is 0 Å². The summed E-state index contributed by atoms with van der Waals surface area (Å²) < 4.78 is 5.51. The molecule has 0 fully saturated rings. The van der Waals surface area contributed by atoms with Crippen molar-refractivity contribution in [3.63, 3.8) is 0 Å². The van der Waals surface area contributed by atoms with E-state index in [4.69, 9.17) is 10.5 Å². The molecule has 1 aromatic heterocycles. The Morgan fingerprint density at radius 3 is 2.44 bits per heavy atom. The van der Waals surface area contributed by atoms with Gasteiger partial charge in [-0.05, 0) is 25.3 Å². The van der Waals surface area contributed by atoms with Crippen molar-refractivity contribution in [1.82, 2.24) is 4.98 Å². The lowest BCUT2D eigenvalue weighted by molar-refractivity contribution is 0.0900. The number of rotatable bonds is 4. The molecule has 4 heteroatoms. The van der Waals surface area contributed by atoms with Crippen molar-refractivity contribution in [2.75, 3.05) is 0 Å². The van der Waals surface area contributed by atoms with Gasteiger partial charge in [0.15, 0.2) is 5.78 Å². The minimum atomic E-state index is -0.548. The standard InChI is InChI=1S/C14H22N2O2/c1-9(2)18-11-6-10(7-16-8-11)12(17)13(15)14(3,4)5/h6-9,13H,15H2,1-5H3. The zero-order chi connectivity index (χ0) is 13.9. The predicted molar refractivity (Wildman–Crippen MR) is 71.8 cm³/mol. The second-order valence-corrected chi connectivity index (χ2v) is 5.78. The van der Waals surface area contributed by atoms with Crippen LogP contribution in [0, 0.1) is 5.41 Å². The SMILES string of the molecule is CC(C)Oc1cncc(C(=O)C(N)C(C)(C)C)c1. The molecule has 0 spiro atoms. The molecule has 1 aromatic rings. The van der Waals surface area contributed by atoms with Gasteiger partial charge in [-0.2, -0.15) is 0 Å². The molecule has 0 aliphatic carbocycles. The number of carbonyl (C=O) groups excluding carboxylic acids is 1.